The Kier molecular flexibility index (Phi) is 4.11. The molecule has 1 heterocycles. The molecule has 0 radical (unpaired) electrons. The molecule has 0 unspecified atom stereocenters. The third kappa shape index (κ3) is 3.80. The molecule has 1 aromatic rings. The number of nitrogens with zero attached hydrogens (tertiary/aromatic N) is 2. The lowest BCUT2D eigenvalue weighted by atomic mass is 10.3. The van der Waals surface area contributed by atoms with Crippen LogP contribution in [0.1, 0.15) is 5.69 Å². The van der Waals surface area contributed by atoms with Crippen LogP contribution in [0.2, 0.25) is 0 Å². The van der Waals surface area contributed by atoms with Crippen molar-refractivity contribution >= 4 is 16.9 Å². The number of rotatable bonds is 3. The van der Waals surface area contributed by atoms with Gasteiger partial charge in [-0.1, -0.05) is 17.8 Å². The highest BCUT2D eigenvalue weighted by Gasteiger charge is 1.95. The number of thioether (sulfide) groups is 1. The van der Waals surface area contributed by atoms with Crippen LogP contribution < -0.4 is 11.6 Å². The first-order valence-electron chi connectivity index (χ1n) is 3.89. The third-order valence-electron chi connectivity index (χ3n) is 1.46. The first kappa shape index (κ1) is 9.85. The molecule has 0 aromatic carbocycles. The lowest BCUT2D eigenvalue weighted by Gasteiger charge is -1.98. The van der Waals surface area contributed by atoms with Crippen LogP contribution in [-0.4, -0.2) is 15.9 Å². The summed E-state index contributed by atoms with van der Waals surface area (Å²) in [4.78, 5) is 4.18. The van der Waals surface area contributed by atoms with Crippen molar-refractivity contribution in [3.63, 3.8) is 0 Å². The van der Waals surface area contributed by atoms with Crippen LogP contribution in [0.3, 0.4) is 0 Å². The predicted octanol–water partition coefficient (Wildman–Crippen LogP) is 0.546. The Labute approximate surface area is 81.4 Å². The van der Waals surface area contributed by atoms with Crippen LogP contribution in [0.25, 0.3) is 0 Å². The Morgan fingerprint density at radius 2 is 2.38 bits per heavy atom. The summed E-state index contributed by atoms with van der Waals surface area (Å²) in [6.45, 7) is 0. The Hall–Kier alpha value is -1.23. The third-order valence-corrected chi connectivity index (χ3v) is 2.27. The van der Waals surface area contributed by atoms with E-state index in [0.29, 0.717) is 5.17 Å². The number of hydrogen-bond acceptors (Lipinski definition) is 4. The summed E-state index contributed by atoms with van der Waals surface area (Å²) in [6, 6.07) is 5.84. The minimum absolute atomic E-state index is 0.413. The molecule has 70 valence electrons. The second kappa shape index (κ2) is 5.42. The molecule has 0 spiro atoms. The molecule has 13 heavy (non-hydrogen) atoms. The smallest absolute Gasteiger partial charge is 0.177 e. The van der Waals surface area contributed by atoms with Crippen LogP contribution in [0.15, 0.2) is 29.5 Å². The Bertz CT molecular complexity index is 273. The van der Waals surface area contributed by atoms with Crippen molar-refractivity contribution in [3.05, 3.63) is 30.1 Å². The van der Waals surface area contributed by atoms with Gasteiger partial charge < -0.3 is 11.6 Å². The van der Waals surface area contributed by atoms with E-state index in [9.17, 15) is 0 Å². The molecule has 4 N–H and O–H groups in total. The van der Waals surface area contributed by atoms with Gasteiger partial charge in [0.15, 0.2) is 5.17 Å². The van der Waals surface area contributed by atoms with Gasteiger partial charge in [0.05, 0.1) is 0 Å². The molecule has 0 aliphatic carbocycles. The maximum Gasteiger partial charge on any atom is 0.177 e. The van der Waals surface area contributed by atoms with Crippen molar-refractivity contribution in [1.29, 1.82) is 0 Å². The highest BCUT2D eigenvalue weighted by molar-refractivity contribution is 8.13. The quantitative estimate of drug-likeness (QED) is 0.320. The first-order chi connectivity index (χ1) is 6.33. The van der Waals surface area contributed by atoms with Crippen molar-refractivity contribution in [2.24, 2.45) is 16.7 Å². The minimum Gasteiger partial charge on any atom is -0.377 e. The maximum atomic E-state index is 5.40. The molecule has 0 saturated heterocycles. The van der Waals surface area contributed by atoms with Gasteiger partial charge in [0.1, 0.15) is 0 Å². The van der Waals surface area contributed by atoms with E-state index in [1.165, 1.54) is 11.8 Å². The summed E-state index contributed by atoms with van der Waals surface area (Å²) in [6.07, 6.45) is 2.65. The van der Waals surface area contributed by atoms with E-state index in [1.807, 2.05) is 18.2 Å². The van der Waals surface area contributed by atoms with E-state index in [4.69, 9.17) is 11.6 Å². The molecule has 0 bridgehead atoms. The molecular formula is C8H12N4S. The predicted molar refractivity (Wildman–Crippen MR) is 56.2 cm³/mol. The van der Waals surface area contributed by atoms with E-state index in [0.717, 1.165) is 17.9 Å². The lowest BCUT2D eigenvalue weighted by molar-refractivity contribution is 1.05. The minimum atomic E-state index is 0.413. The van der Waals surface area contributed by atoms with Crippen LogP contribution in [0.5, 0.6) is 0 Å². The average molecular weight is 196 g/mol. The van der Waals surface area contributed by atoms with Gasteiger partial charge in [-0.15, -0.1) is 0 Å². The fourth-order valence-corrected chi connectivity index (χ4v) is 1.44. The van der Waals surface area contributed by atoms with Crippen molar-refractivity contribution in [2.45, 2.75) is 6.42 Å². The fraction of sp³-hybridized carbons (Fsp3) is 0.250. The number of nitrogens with two attached hydrogens (primary N) is 2. The van der Waals surface area contributed by atoms with Crippen LogP contribution in [0.4, 0.5) is 0 Å². The van der Waals surface area contributed by atoms with E-state index in [1.54, 1.807) is 6.20 Å². The van der Waals surface area contributed by atoms with Gasteiger partial charge in [-0.05, 0) is 18.6 Å². The molecule has 0 amide bonds. The number of aryl methyl sites for hydroxylation is 1. The largest absolute Gasteiger partial charge is 0.377 e. The molecule has 4 nitrogen and oxygen atoms in total. The normalized spacial score (nSPS) is 11.5. The SMILES string of the molecule is NN=C(N)SCCc1ccccn1. The Balaban J connectivity index is 2.28. The topological polar surface area (TPSA) is 77.3 Å². The number of amidine groups is 1. The summed E-state index contributed by atoms with van der Waals surface area (Å²) in [5, 5.41) is 3.77. The van der Waals surface area contributed by atoms with Crippen molar-refractivity contribution in [2.75, 3.05) is 5.75 Å². The summed E-state index contributed by atoms with van der Waals surface area (Å²) < 4.78 is 0. The summed E-state index contributed by atoms with van der Waals surface area (Å²) >= 11 is 1.43. The van der Waals surface area contributed by atoms with E-state index >= 15 is 0 Å². The molecule has 0 aliphatic rings. The van der Waals surface area contributed by atoms with Gasteiger partial charge in [0.25, 0.3) is 0 Å². The summed E-state index contributed by atoms with van der Waals surface area (Å²) in [5.74, 6) is 5.83. The van der Waals surface area contributed by atoms with Gasteiger partial charge >= 0.3 is 0 Å². The second-order valence-corrected chi connectivity index (χ2v) is 3.50. The number of hydrogen-bond donors (Lipinski definition) is 2. The average Bonchev–Trinajstić information content (AvgIpc) is 2.19. The summed E-state index contributed by atoms with van der Waals surface area (Å²) in [7, 11) is 0. The molecule has 1 aromatic heterocycles. The highest BCUT2D eigenvalue weighted by atomic mass is 32.2. The Morgan fingerprint density at radius 1 is 1.54 bits per heavy atom. The monoisotopic (exact) mass is 196 g/mol. The molecule has 0 fully saturated rings. The second-order valence-electron chi connectivity index (χ2n) is 2.39. The highest BCUT2D eigenvalue weighted by Crippen LogP contribution is 2.03. The van der Waals surface area contributed by atoms with Gasteiger partial charge in [-0.25, -0.2) is 0 Å². The van der Waals surface area contributed by atoms with Gasteiger partial charge in [-0.2, -0.15) is 5.10 Å². The molecule has 0 atom stereocenters. The zero-order valence-electron chi connectivity index (χ0n) is 7.18. The zero-order chi connectivity index (χ0) is 9.52. The van der Waals surface area contributed by atoms with E-state index in [-0.39, 0.29) is 0 Å². The number of hydrazone groups is 1. The number of aromatic nitrogens is 1. The molecular weight excluding hydrogens is 184 g/mol. The standard InChI is InChI=1S/C8H12N4S/c9-8(12-10)13-6-4-7-3-1-2-5-11-7/h1-3,5H,4,6,10H2,(H2,9,12). The molecule has 1 rings (SSSR count). The Morgan fingerprint density at radius 3 is 3.00 bits per heavy atom. The van der Waals surface area contributed by atoms with Crippen LogP contribution in [-0.2, 0) is 6.42 Å². The van der Waals surface area contributed by atoms with Crippen molar-refractivity contribution in [1.82, 2.24) is 4.98 Å². The van der Waals surface area contributed by atoms with Crippen LogP contribution in [0, 0.1) is 0 Å². The van der Waals surface area contributed by atoms with E-state index in [2.05, 4.69) is 10.1 Å². The van der Waals surface area contributed by atoms with Crippen molar-refractivity contribution < 1.29 is 0 Å². The van der Waals surface area contributed by atoms with Gasteiger partial charge in [-0.3, -0.25) is 4.98 Å². The van der Waals surface area contributed by atoms with E-state index < -0.39 is 0 Å². The zero-order valence-corrected chi connectivity index (χ0v) is 8.00. The molecule has 5 heteroatoms. The molecule has 0 saturated carbocycles. The molecule has 0 aliphatic heterocycles. The first-order valence-corrected chi connectivity index (χ1v) is 4.87. The number of pyridine rings is 1. The fourth-order valence-electron chi connectivity index (χ4n) is 0.843. The van der Waals surface area contributed by atoms with Crippen molar-refractivity contribution in [3.8, 4) is 0 Å². The van der Waals surface area contributed by atoms with Crippen LogP contribution >= 0.6 is 11.8 Å². The maximum absolute atomic E-state index is 5.40. The lowest BCUT2D eigenvalue weighted by Crippen LogP contribution is -2.10. The van der Waals surface area contributed by atoms with Gasteiger partial charge in [0.2, 0.25) is 0 Å². The van der Waals surface area contributed by atoms with Gasteiger partial charge in [0, 0.05) is 17.6 Å². The summed E-state index contributed by atoms with van der Waals surface area (Å²) in [5.41, 5.74) is 6.46.